The Morgan fingerprint density at radius 3 is 2.77 bits per heavy atom. The van der Waals surface area contributed by atoms with Crippen LogP contribution in [0.2, 0.25) is 0 Å². The summed E-state index contributed by atoms with van der Waals surface area (Å²) >= 11 is 0. The van der Waals surface area contributed by atoms with Gasteiger partial charge in [0, 0.05) is 34.6 Å². The number of aromatic nitrogens is 2. The molecule has 22 heavy (non-hydrogen) atoms. The van der Waals surface area contributed by atoms with Crippen LogP contribution in [0, 0.1) is 10.1 Å². The summed E-state index contributed by atoms with van der Waals surface area (Å²) in [5.41, 5.74) is 3.62. The molecule has 4 aromatic rings. The molecule has 0 radical (unpaired) electrons. The zero-order valence-corrected chi connectivity index (χ0v) is 11.5. The molecule has 2 heterocycles. The van der Waals surface area contributed by atoms with Crippen molar-refractivity contribution >= 4 is 27.6 Å². The van der Waals surface area contributed by atoms with E-state index in [2.05, 4.69) is 9.97 Å². The lowest BCUT2D eigenvalue weighted by atomic mass is 10.0. The lowest BCUT2D eigenvalue weighted by molar-refractivity contribution is -0.384. The second-order valence-corrected chi connectivity index (χ2v) is 5.06. The fourth-order valence-corrected chi connectivity index (χ4v) is 2.79. The lowest BCUT2D eigenvalue weighted by Crippen LogP contribution is -1.88. The predicted molar refractivity (Wildman–Crippen MR) is 85.7 cm³/mol. The van der Waals surface area contributed by atoms with Gasteiger partial charge < -0.3 is 4.98 Å². The zero-order valence-electron chi connectivity index (χ0n) is 11.5. The van der Waals surface area contributed by atoms with Crippen LogP contribution < -0.4 is 0 Å². The van der Waals surface area contributed by atoms with Crippen molar-refractivity contribution in [1.29, 1.82) is 0 Å². The minimum absolute atomic E-state index is 0.0855. The van der Waals surface area contributed by atoms with E-state index in [0.29, 0.717) is 0 Å². The third-order valence-corrected chi connectivity index (χ3v) is 3.77. The zero-order chi connectivity index (χ0) is 15.1. The van der Waals surface area contributed by atoms with Crippen LogP contribution in [0.4, 0.5) is 5.69 Å². The number of hydrogen-bond acceptors (Lipinski definition) is 3. The molecule has 1 N–H and O–H groups in total. The smallest absolute Gasteiger partial charge is 0.270 e. The first kappa shape index (κ1) is 12.5. The van der Waals surface area contributed by atoms with Crippen LogP contribution in [-0.4, -0.2) is 14.9 Å². The van der Waals surface area contributed by atoms with Crippen molar-refractivity contribution < 1.29 is 4.92 Å². The van der Waals surface area contributed by atoms with Crippen molar-refractivity contribution in [2.75, 3.05) is 0 Å². The summed E-state index contributed by atoms with van der Waals surface area (Å²) in [6.07, 6.45) is 1.71. The summed E-state index contributed by atoms with van der Waals surface area (Å²) in [5.74, 6) is 0. The predicted octanol–water partition coefficient (Wildman–Crippen LogP) is 4.29. The molecule has 0 atom stereocenters. The number of nitrogens with one attached hydrogen (secondary N) is 1. The van der Waals surface area contributed by atoms with Gasteiger partial charge in [0.2, 0.25) is 0 Å². The second kappa shape index (κ2) is 4.66. The van der Waals surface area contributed by atoms with Gasteiger partial charge in [0.05, 0.1) is 4.92 Å². The van der Waals surface area contributed by atoms with E-state index in [1.807, 2.05) is 36.4 Å². The van der Waals surface area contributed by atoms with Gasteiger partial charge in [-0.1, -0.05) is 30.3 Å². The molecule has 0 aliphatic carbocycles. The number of nitrogens with zero attached hydrogens (tertiary/aromatic N) is 2. The standard InChI is InChI=1S/C17H11N3O2/c21-20(22)12-5-3-4-11(10-12)13-8-9-18-17-16(13)14-6-1-2-7-15(14)19-17/h1-10H,(H,18,19). The van der Waals surface area contributed by atoms with Crippen molar-refractivity contribution in [3.63, 3.8) is 0 Å². The third-order valence-electron chi connectivity index (χ3n) is 3.77. The molecule has 0 saturated heterocycles. The summed E-state index contributed by atoms with van der Waals surface area (Å²) in [6.45, 7) is 0. The topological polar surface area (TPSA) is 71.8 Å². The Morgan fingerprint density at radius 1 is 1.05 bits per heavy atom. The number of nitro benzene ring substituents is 1. The summed E-state index contributed by atoms with van der Waals surface area (Å²) in [6, 6.07) is 16.5. The van der Waals surface area contributed by atoms with Crippen molar-refractivity contribution in [2.24, 2.45) is 0 Å². The van der Waals surface area contributed by atoms with Gasteiger partial charge in [0.25, 0.3) is 5.69 Å². The Morgan fingerprint density at radius 2 is 1.91 bits per heavy atom. The van der Waals surface area contributed by atoms with Crippen LogP contribution in [0.1, 0.15) is 0 Å². The summed E-state index contributed by atoms with van der Waals surface area (Å²) in [4.78, 5) is 18.3. The molecule has 0 bridgehead atoms. The molecule has 0 aliphatic rings. The normalized spacial score (nSPS) is 11.1. The van der Waals surface area contributed by atoms with Crippen LogP contribution in [-0.2, 0) is 0 Å². The Hall–Kier alpha value is -3.21. The maximum atomic E-state index is 11.0. The Balaban J connectivity index is 2.06. The van der Waals surface area contributed by atoms with Crippen molar-refractivity contribution in [2.45, 2.75) is 0 Å². The molecule has 0 saturated carbocycles. The fraction of sp³-hybridized carbons (Fsp3) is 0. The Bertz CT molecular complexity index is 1020. The van der Waals surface area contributed by atoms with Crippen molar-refractivity contribution in [1.82, 2.24) is 9.97 Å². The molecule has 2 aromatic heterocycles. The minimum Gasteiger partial charge on any atom is -0.339 e. The first-order chi connectivity index (χ1) is 10.7. The number of para-hydroxylation sites is 1. The summed E-state index contributed by atoms with van der Waals surface area (Å²) in [7, 11) is 0. The van der Waals surface area contributed by atoms with Crippen molar-refractivity contribution in [3.8, 4) is 11.1 Å². The molecule has 5 nitrogen and oxygen atoms in total. The molecule has 0 amide bonds. The molecular formula is C17H11N3O2. The van der Waals surface area contributed by atoms with E-state index in [4.69, 9.17) is 0 Å². The summed E-state index contributed by atoms with van der Waals surface area (Å²) < 4.78 is 0. The van der Waals surface area contributed by atoms with E-state index in [9.17, 15) is 10.1 Å². The Labute approximate surface area is 125 Å². The number of nitro groups is 1. The highest BCUT2D eigenvalue weighted by atomic mass is 16.6. The molecule has 5 heteroatoms. The molecule has 4 rings (SSSR count). The minimum atomic E-state index is -0.378. The van der Waals surface area contributed by atoms with Gasteiger partial charge in [-0.05, 0) is 23.3 Å². The largest absolute Gasteiger partial charge is 0.339 e. The van der Waals surface area contributed by atoms with E-state index >= 15 is 0 Å². The molecule has 0 unspecified atom stereocenters. The van der Waals surface area contributed by atoms with Gasteiger partial charge in [0.1, 0.15) is 5.65 Å². The van der Waals surface area contributed by atoms with E-state index in [0.717, 1.165) is 33.1 Å². The maximum absolute atomic E-state index is 11.0. The van der Waals surface area contributed by atoms with Gasteiger partial charge in [-0.3, -0.25) is 10.1 Å². The number of pyridine rings is 1. The van der Waals surface area contributed by atoms with E-state index in [1.165, 1.54) is 6.07 Å². The summed E-state index contributed by atoms with van der Waals surface area (Å²) in [5, 5.41) is 13.0. The van der Waals surface area contributed by atoms with E-state index < -0.39 is 0 Å². The van der Waals surface area contributed by atoms with E-state index in [-0.39, 0.29) is 10.6 Å². The average Bonchev–Trinajstić information content (AvgIpc) is 2.93. The lowest BCUT2D eigenvalue weighted by Gasteiger charge is -2.04. The number of non-ortho nitro benzene ring substituents is 1. The monoisotopic (exact) mass is 289 g/mol. The number of fused-ring (bicyclic) bond motifs is 3. The van der Waals surface area contributed by atoms with E-state index in [1.54, 1.807) is 18.3 Å². The van der Waals surface area contributed by atoms with Crippen LogP contribution in [0.5, 0.6) is 0 Å². The number of rotatable bonds is 2. The SMILES string of the molecule is O=[N+]([O-])c1cccc(-c2ccnc3[nH]c4ccccc4c23)c1. The maximum Gasteiger partial charge on any atom is 0.270 e. The molecule has 0 aliphatic heterocycles. The van der Waals surface area contributed by atoms with Gasteiger partial charge in [-0.15, -0.1) is 0 Å². The Kier molecular flexibility index (Phi) is 2.66. The second-order valence-electron chi connectivity index (χ2n) is 5.06. The molecule has 0 fully saturated rings. The average molecular weight is 289 g/mol. The molecular weight excluding hydrogens is 278 g/mol. The van der Waals surface area contributed by atoms with Gasteiger partial charge in [-0.2, -0.15) is 0 Å². The number of aromatic amines is 1. The van der Waals surface area contributed by atoms with Crippen LogP contribution in [0.15, 0.2) is 60.8 Å². The molecule has 2 aromatic carbocycles. The van der Waals surface area contributed by atoms with Gasteiger partial charge in [-0.25, -0.2) is 4.98 Å². The van der Waals surface area contributed by atoms with Gasteiger partial charge in [0.15, 0.2) is 0 Å². The fourth-order valence-electron chi connectivity index (χ4n) is 2.79. The first-order valence-electron chi connectivity index (χ1n) is 6.84. The third kappa shape index (κ3) is 1.83. The number of H-pyrrole nitrogens is 1. The van der Waals surface area contributed by atoms with Crippen LogP contribution in [0.3, 0.4) is 0 Å². The van der Waals surface area contributed by atoms with Gasteiger partial charge >= 0.3 is 0 Å². The highest BCUT2D eigenvalue weighted by molar-refractivity contribution is 6.12. The highest BCUT2D eigenvalue weighted by Crippen LogP contribution is 2.34. The molecule has 0 spiro atoms. The first-order valence-corrected chi connectivity index (χ1v) is 6.84. The van der Waals surface area contributed by atoms with Crippen molar-refractivity contribution in [3.05, 3.63) is 70.9 Å². The molecule has 106 valence electrons. The highest BCUT2D eigenvalue weighted by Gasteiger charge is 2.13. The quantitative estimate of drug-likeness (QED) is 0.442. The van der Waals surface area contributed by atoms with Crippen LogP contribution in [0.25, 0.3) is 33.1 Å². The van der Waals surface area contributed by atoms with Crippen LogP contribution >= 0.6 is 0 Å². The number of benzene rings is 2. The number of hydrogen-bond donors (Lipinski definition) is 1.